The number of anilines is 1. The number of halogens is 1. The fourth-order valence-electron chi connectivity index (χ4n) is 3.34. The molecular weight excluding hydrogens is 356 g/mol. The Balaban J connectivity index is 2.06. The molecule has 0 radical (unpaired) electrons. The van der Waals surface area contributed by atoms with E-state index in [0.29, 0.717) is 43.6 Å². The van der Waals surface area contributed by atoms with E-state index in [2.05, 4.69) is 5.32 Å². The van der Waals surface area contributed by atoms with E-state index in [0.717, 1.165) is 6.42 Å². The fraction of sp³-hybridized carbons (Fsp3) is 0.526. The second-order valence-corrected chi connectivity index (χ2v) is 6.97. The van der Waals surface area contributed by atoms with Crippen LogP contribution in [-0.4, -0.2) is 40.9 Å². The average molecular weight is 381 g/mol. The minimum absolute atomic E-state index is 0.144. The zero-order valence-corrected chi connectivity index (χ0v) is 15.9. The van der Waals surface area contributed by atoms with Crippen LogP contribution in [0.15, 0.2) is 18.2 Å². The van der Waals surface area contributed by atoms with Crippen molar-refractivity contribution in [3.8, 4) is 0 Å². The van der Waals surface area contributed by atoms with Gasteiger partial charge in [-0.2, -0.15) is 0 Å². The number of aliphatic carboxylic acids is 1. The second kappa shape index (κ2) is 9.03. The third-order valence-electron chi connectivity index (χ3n) is 4.91. The van der Waals surface area contributed by atoms with Gasteiger partial charge in [-0.25, -0.2) is 0 Å². The molecule has 26 heavy (non-hydrogen) atoms. The van der Waals surface area contributed by atoms with Gasteiger partial charge in [0.1, 0.15) is 0 Å². The zero-order valence-electron chi connectivity index (χ0n) is 15.1. The van der Waals surface area contributed by atoms with Gasteiger partial charge in [0.25, 0.3) is 5.91 Å². The van der Waals surface area contributed by atoms with Crippen LogP contribution in [-0.2, 0) is 9.59 Å². The van der Waals surface area contributed by atoms with Gasteiger partial charge in [0.15, 0.2) is 0 Å². The Labute approximate surface area is 158 Å². The smallest absolute Gasteiger partial charge is 0.306 e. The van der Waals surface area contributed by atoms with Crippen molar-refractivity contribution in [1.29, 1.82) is 0 Å². The van der Waals surface area contributed by atoms with Gasteiger partial charge < -0.3 is 15.3 Å². The average Bonchev–Trinajstić information content (AvgIpc) is 2.62. The lowest BCUT2D eigenvalue weighted by Crippen LogP contribution is -2.31. The van der Waals surface area contributed by atoms with E-state index < -0.39 is 11.9 Å². The minimum atomic E-state index is -0.843. The lowest BCUT2D eigenvalue weighted by Gasteiger charge is -2.25. The number of carboxylic acid groups (broad SMARTS) is 1. The minimum Gasteiger partial charge on any atom is -0.481 e. The Hall–Kier alpha value is -2.08. The molecule has 0 spiro atoms. The Morgan fingerprint density at radius 3 is 2.42 bits per heavy atom. The van der Waals surface area contributed by atoms with Crippen molar-refractivity contribution in [2.24, 2.45) is 11.8 Å². The first-order valence-electron chi connectivity index (χ1n) is 8.99. The van der Waals surface area contributed by atoms with Crippen LogP contribution in [0.3, 0.4) is 0 Å². The number of nitrogens with zero attached hydrogens (tertiary/aromatic N) is 1. The highest BCUT2D eigenvalue weighted by Gasteiger charge is 2.31. The summed E-state index contributed by atoms with van der Waals surface area (Å²) in [4.78, 5) is 37.7. The predicted molar refractivity (Wildman–Crippen MR) is 100 cm³/mol. The van der Waals surface area contributed by atoms with Gasteiger partial charge in [-0.1, -0.05) is 18.0 Å². The molecule has 142 valence electrons. The molecule has 6 nitrogen and oxygen atoms in total. The van der Waals surface area contributed by atoms with Crippen LogP contribution >= 0.6 is 11.6 Å². The van der Waals surface area contributed by atoms with Crippen LogP contribution in [0.4, 0.5) is 5.69 Å². The van der Waals surface area contributed by atoms with Crippen molar-refractivity contribution in [1.82, 2.24) is 4.90 Å². The number of carbonyl (C=O) groups is 3. The highest BCUT2D eigenvalue weighted by Crippen LogP contribution is 2.30. The maximum absolute atomic E-state index is 12.4. The first-order valence-corrected chi connectivity index (χ1v) is 9.37. The maximum Gasteiger partial charge on any atom is 0.306 e. The number of nitrogens with one attached hydrogen (secondary N) is 1. The van der Waals surface area contributed by atoms with Crippen molar-refractivity contribution >= 4 is 35.1 Å². The van der Waals surface area contributed by atoms with Crippen LogP contribution < -0.4 is 5.32 Å². The lowest BCUT2D eigenvalue weighted by molar-refractivity contribution is -0.143. The summed E-state index contributed by atoms with van der Waals surface area (Å²) in [5.74, 6) is -1.97. The summed E-state index contributed by atoms with van der Waals surface area (Å²) in [5.41, 5.74) is 0.908. The number of benzene rings is 1. The molecule has 1 fully saturated rings. The van der Waals surface area contributed by atoms with E-state index in [-0.39, 0.29) is 22.8 Å². The molecule has 7 heteroatoms. The van der Waals surface area contributed by atoms with E-state index >= 15 is 0 Å². The Morgan fingerprint density at radius 1 is 1.19 bits per heavy atom. The second-order valence-electron chi connectivity index (χ2n) is 6.56. The molecule has 2 atom stereocenters. The van der Waals surface area contributed by atoms with E-state index in [1.165, 1.54) is 0 Å². The number of rotatable bonds is 6. The number of hydrogen-bond acceptors (Lipinski definition) is 3. The molecular formula is C19H25ClN2O4. The third-order valence-corrected chi connectivity index (χ3v) is 5.22. The molecule has 1 saturated carbocycles. The molecule has 0 aromatic heterocycles. The topological polar surface area (TPSA) is 86.7 Å². The summed E-state index contributed by atoms with van der Waals surface area (Å²) in [5, 5.41) is 12.2. The summed E-state index contributed by atoms with van der Waals surface area (Å²) in [7, 11) is 0. The molecule has 1 aromatic rings. The van der Waals surface area contributed by atoms with E-state index in [9.17, 15) is 14.4 Å². The summed E-state index contributed by atoms with van der Waals surface area (Å²) in [6, 6.07) is 4.82. The van der Waals surface area contributed by atoms with Crippen molar-refractivity contribution < 1.29 is 19.5 Å². The van der Waals surface area contributed by atoms with Crippen LogP contribution in [0.2, 0.25) is 5.02 Å². The van der Waals surface area contributed by atoms with Crippen molar-refractivity contribution in [3.63, 3.8) is 0 Å². The molecule has 2 amide bonds. The van der Waals surface area contributed by atoms with Crippen LogP contribution in [0, 0.1) is 11.8 Å². The number of amides is 2. The van der Waals surface area contributed by atoms with E-state index in [1.54, 1.807) is 23.1 Å². The first-order chi connectivity index (χ1) is 12.4. The molecule has 1 aromatic carbocycles. The Bertz CT molecular complexity index is 688. The van der Waals surface area contributed by atoms with Gasteiger partial charge in [-0.15, -0.1) is 0 Å². The highest BCUT2D eigenvalue weighted by molar-refractivity contribution is 6.34. The molecule has 1 aliphatic carbocycles. The van der Waals surface area contributed by atoms with E-state index in [4.69, 9.17) is 16.7 Å². The molecule has 2 rings (SSSR count). The fourth-order valence-corrected chi connectivity index (χ4v) is 3.61. The molecule has 0 bridgehead atoms. The number of carboxylic acids is 1. The monoisotopic (exact) mass is 380 g/mol. The molecule has 0 saturated heterocycles. The molecule has 1 aliphatic rings. The van der Waals surface area contributed by atoms with Gasteiger partial charge in [0, 0.05) is 24.7 Å². The van der Waals surface area contributed by atoms with Gasteiger partial charge in [0.05, 0.1) is 16.5 Å². The normalized spacial score (nSPS) is 19.7. The summed E-state index contributed by atoms with van der Waals surface area (Å²) < 4.78 is 0. The Kier molecular flexibility index (Phi) is 7.03. The van der Waals surface area contributed by atoms with Gasteiger partial charge >= 0.3 is 5.97 Å². The predicted octanol–water partition coefficient (Wildman–Crippen LogP) is 3.65. The van der Waals surface area contributed by atoms with Crippen molar-refractivity contribution in [2.75, 3.05) is 18.4 Å². The van der Waals surface area contributed by atoms with Crippen molar-refractivity contribution in [3.05, 3.63) is 28.8 Å². The Morgan fingerprint density at radius 2 is 1.85 bits per heavy atom. The molecule has 0 heterocycles. The quantitative estimate of drug-likeness (QED) is 0.788. The third kappa shape index (κ3) is 4.75. The van der Waals surface area contributed by atoms with Gasteiger partial charge in [-0.05, 0) is 51.3 Å². The van der Waals surface area contributed by atoms with Crippen molar-refractivity contribution in [2.45, 2.75) is 39.5 Å². The van der Waals surface area contributed by atoms with Gasteiger partial charge in [-0.3, -0.25) is 14.4 Å². The molecule has 0 aliphatic heterocycles. The number of hydrogen-bond donors (Lipinski definition) is 2. The van der Waals surface area contributed by atoms with E-state index in [1.807, 2.05) is 13.8 Å². The summed E-state index contributed by atoms with van der Waals surface area (Å²) in [6.45, 7) is 4.99. The van der Waals surface area contributed by atoms with Crippen LogP contribution in [0.25, 0.3) is 0 Å². The van der Waals surface area contributed by atoms with Crippen LogP contribution in [0.5, 0.6) is 0 Å². The molecule has 2 unspecified atom stereocenters. The summed E-state index contributed by atoms with van der Waals surface area (Å²) in [6.07, 6.45) is 2.38. The zero-order chi connectivity index (χ0) is 19.3. The van der Waals surface area contributed by atoms with Crippen LogP contribution in [0.1, 0.15) is 49.9 Å². The summed E-state index contributed by atoms with van der Waals surface area (Å²) >= 11 is 6.24. The highest BCUT2D eigenvalue weighted by atomic mass is 35.5. The number of carbonyl (C=O) groups excluding carboxylic acids is 2. The van der Waals surface area contributed by atoms with Gasteiger partial charge in [0.2, 0.25) is 5.91 Å². The first kappa shape index (κ1) is 20.2. The maximum atomic E-state index is 12.4. The lowest BCUT2D eigenvalue weighted by atomic mass is 9.81. The largest absolute Gasteiger partial charge is 0.481 e. The molecule has 2 N–H and O–H groups in total. The standard InChI is InChI=1S/C19H25ClN2O4/c1-3-22(4-2)18(24)15-9-8-14(11-16(15)20)21-17(23)12-6-5-7-13(10-12)19(25)26/h8-9,11-13H,3-7,10H2,1-2H3,(H,21,23)(H,25,26). The SMILES string of the molecule is CCN(CC)C(=O)c1ccc(NC(=O)C2CCCC(C(=O)O)C2)cc1Cl.